The molecule has 228 valence electrons. The number of halogens is 6. The zero-order chi connectivity index (χ0) is 27.6. The molecule has 0 bridgehead atoms. The molecule has 3 heterocycles. The summed E-state index contributed by atoms with van der Waals surface area (Å²) in [5, 5.41) is 3.41. The summed E-state index contributed by atoms with van der Waals surface area (Å²) < 4.78 is 48.1. The van der Waals surface area contributed by atoms with E-state index in [1.165, 1.54) is 12.1 Å². The Balaban J connectivity index is 0.00000205. The Bertz CT molecular complexity index is 1490. The molecule has 4 aromatic rings. The summed E-state index contributed by atoms with van der Waals surface area (Å²) in [5.41, 5.74) is 1.28. The Morgan fingerprint density at radius 1 is 0.976 bits per heavy atom. The molecule has 0 radical (unpaired) electrons. The molecule has 0 atom stereocenters. The van der Waals surface area contributed by atoms with Crippen LogP contribution in [-0.2, 0) is 12.7 Å². The molecule has 1 amide bonds. The van der Waals surface area contributed by atoms with Gasteiger partial charge in [0.15, 0.2) is 0 Å². The lowest BCUT2D eigenvalue weighted by Crippen LogP contribution is -2.45. The average molecular weight is 647 g/mol. The van der Waals surface area contributed by atoms with Crippen molar-refractivity contribution in [1.82, 2.24) is 19.8 Å². The van der Waals surface area contributed by atoms with Gasteiger partial charge in [-0.25, -0.2) is 4.98 Å². The van der Waals surface area contributed by atoms with Crippen molar-refractivity contribution in [3.05, 3.63) is 83.2 Å². The van der Waals surface area contributed by atoms with Gasteiger partial charge in [-0.15, -0.1) is 37.2 Å². The molecule has 13 heteroatoms. The van der Waals surface area contributed by atoms with Crippen molar-refractivity contribution < 1.29 is 22.7 Å². The van der Waals surface area contributed by atoms with Crippen LogP contribution >= 0.6 is 37.2 Å². The molecule has 2 aromatic carbocycles. The number of nitrogens with zero attached hydrogens (tertiary/aromatic N) is 3. The van der Waals surface area contributed by atoms with Gasteiger partial charge in [0.2, 0.25) is 0 Å². The largest absolute Gasteiger partial charge is 0.456 e. The Morgan fingerprint density at radius 3 is 2.38 bits per heavy atom. The van der Waals surface area contributed by atoms with E-state index < -0.39 is 17.6 Å². The summed E-state index contributed by atoms with van der Waals surface area (Å²) in [5.74, 6) is 0.507. The van der Waals surface area contributed by atoms with E-state index in [0.29, 0.717) is 17.1 Å². The fourth-order valence-electron chi connectivity index (χ4n) is 4.76. The number of piperazine rings is 1. The Hall–Kier alpha value is -3.02. The number of pyridine rings is 1. The smallest absolute Gasteiger partial charge is 0.416 e. The Morgan fingerprint density at radius 2 is 1.69 bits per heavy atom. The van der Waals surface area contributed by atoms with Crippen molar-refractivity contribution >= 4 is 59.8 Å². The standard InChI is InChI=1S/C29H30F3N5O2.3ClH/c1-3-36-12-14-37(15-13-36)18-21-6-7-22(17-24(21)29(30,31)32)35-28(38)20-5-4-19(2)26(16-20)39-25-9-11-34-27-23(25)8-10-33-27;;;/h4-11,16-17H,3,12-15,18H2,1-2H3,(H,33,34)(H,35,38);3*1H. The van der Waals surface area contributed by atoms with Crippen LogP contribution in [0, 0.1) is 6.92 Å². The topological polar surface area (TPSA) is 73.5 Å². The number of hydrogen-bond donors (Lipinski definition) is 2. The van der Waals surface area contributed by atoms with Crippen molar-refractivity contribution in [3.63, 3.8) is 0 Å². The quantitative estimate of drug-likeness (QED) is 0.220. The third-order valence-corrected chi connectivity index (χ3v) is 7.07. The van der Waals surface area contributed by atoms with E-state index in [1.54, 1.807) is 36.7 Å². The summed E-state index contributed by atoms with van der Waals surface area (Å²) >= 11 is 0. The highest BCUT2D eigenvalue weighted by molar-refractivity contribution is 6.04. The maximum atomic E-state index is 14.0. The lowest BCUT2D eigenvalue weighted by atomic mass is 10.0. The predicted octanol–water partition coefficient (Wildman–Crippen LogP) is 7.34. The number of likely N-dealkylation sites (N-methyl/N-ethyl adjacent to an activating group) is 1. The van der Waals surface area contributed by atoms with E-state index >= 15 is 0 Å². The van der Waals surface area contributed by atoms with E-state index in [0.717, 1.165) is 49.7 Å². The van der Waals surface area contributed by atoms with Gasteiger partial charge >= 0.3 is 6.18 Å². The second kappa shape index (κ2) is 14.9. The number of anilines is 1. The number of nitrogens with one attached hydrogen (secondary N) is 2. The van der Waals surface area contributed by atoms with Crippen molar-refractivity contribution in [2.45, 2.75) is 26.6 Å². The van der Waals surface area contributed by atoms with Crippen LogP contribution in [0.3, 0.4) is 0 Å². The number of alkyl halides is 3. The normalized spacial score (nSPS) is 13.9. The number of ether oxygens (including phenoxy) is 1. The third-order valence-electron chi connectivity index (χ3n) is 7.07. The molecule has 0 aliphatic carbocycles. The van der Waals surface area contributed by atoms with Crippen LogP contribution in [0.25, 0.3) is 11.0 Å². The van der Waals surface area contributed by atoms with E-state index in [1.807, 2.05) is 17.9 Å². The SMILES string of the molecule is CCN1CCN(Cc2ccc(NC(=O)c3ccc(C)c(Oc4ccnc5[nH]ccc45)c3)cc2C(F)(F)F)CC1.Cl.Cl.Cl. The van der Waals surface area contributed by atoms with Crippen LogP contribution in [0.4, 0.5) is 18.9 Å². The van der Waals surface area contributed by atoms with Gasteiger partial charge in [-0.3, -0.25) is 9.69 Å². The lowest BCUT2D eigenvalue weighted by molar-refractivity contribution is -0.138. The van der Waals surface area contributed by atoms with E-state index in [9.17, 15) is 18.0 Å². The highest BCUT2D eigenvalue weighted by Crippen LogP contribution is 2.35. The van der Waals surface area contributed by atoms with Gasteiger partial charge in [-0.1, -0.05) is 19.1 Å². The van der Waals surface area contributed by atoms with E-state index in [2.05, 4.69) is 27.1 Å². The van der Waals surface area contributed by atoms with Crippen LogP contribution in [0.15, 0.2) is 60.9 Å². The molecule has 1 saturated heterocycles. The molecule has 2 aromatic heterocycles. The third kappa shape index (κ3) is 8.08. The molecule has 1 aliphatic rings. The van der Waals surface area contributed by atoms with Gasteiger partial charge in [0.1, 0.15) is 17.1 Å². The van der Waals surface area contributed by atoms with Crippen LogP contribution in [0.1, 0.15) is 34.0 Å². The molecular weight excluding hydrogens is 614 g/mol. The molecule has 7 nitrogen and oxygen atoms in total. The van der Waals surface area contributed by atoms with Crippen molar-refractivity contribution in [2.24, 2.45) is 0 Å². The number of carbonyl (C=O) groups is 1. The first kappa shape index (κ1) is 35.2. The number of hydrogen-bond acceptors (Lipinski definition) is 5. The Kier molecular flexibility index (Phi) is 12.5. The summed E-state index contributed by atoms with van der Waals surface area (Å²) in [7, 11) is 0. The molecule has 0 unspecified atom stereocenters. The number of amides is 1. The molecule has 0 spiro atoms. The molecule has 2 N–H and O–H groups in total. The minimum absolute atomic E-state index is 0. The number of aryl methyl sites for hydroxylation is 1. The van der Waals surface area contributed by atoms with Gasteiger partial charge in [0.25, 0.3) is 5.91 Å². The van der Waals surface area contributed by atoms with Gasteiger partial charge in [0, 0.05) is 56.4 Å². The second-order valence-electron chi connectivity index (χ2n) is 9.67. The highest BCUT2D eigenvalue weighted by atomic mass is 35.5. The van der Waals surface area contributed by atoms with Crippen LogP contribution < -0.4 is 10.1 Å². The van der Waals surface area contributed by atoms with Crippen LogP contribution in [0.2, 0.25) is 0 Å². The molecular formula is C29H33Cl3F3N5O2. The molecule has 5 rings (SSSR count). The summed E-state index contributed by atoms with van der Waals surface area (Å²) in [6, 6.07) is 12.5. The molecule has 0 saturated carbocycles. The zero-order valence-corrected chi connectivity index (χ0v) is 25.5. The van der Waals surface area contributed by atoms with Gasteiger partial charge in [-0.2, -0.15) is 13.2 Å². The fraction of sp³-hybridized carbons (Fsp3) is 0.310. The number of rotatable bonds is 7. The second-order valence-corrected chi connectivity index (χ2v) is 9.67. The number of fused-ring (bicyclic) bond motifs is 1. The van der Waals surface area contributed by atoms with Crippen LogP contribution in [-0.4, -0.2) is 58.4 Å². The first-order valence-electron chi connectivity index (χ1n) is 12.9. The van der Waals surface area contributed by atoms with Crippen molar-refractivity contribution in [2.75, 3.05) is 38.0 Å². The monoisotopic (exact) mass is 645 g/mol. The molecule has 1 aliphatic heterocycles. The lowest BCUT2D eigenvalue weighted by Gasteiger charge is -2.34. The van der Waals surface area contributed by atoms with E-state index in [4.69, 9.17) is 4.74 Å². The number of aromatic nitrogens is 2. The van der Waals surface area contributed by atoms with Crippen LogP contribution in [0.5, 0.6) is 11.5 Å². The predicted molar refractivity (Wildman–Crippen MR) is 166 cm³/mol. The first-order valence-corrected chi connectivity index (χ1v) is 12.9. The minimum Gasteiger partial charge on any atom is -0.456 e. The zero-order valence-electron chi connectivity index (χ0n) is 23.0. The maximum absolute atomic E-state index is 14.0. The summed E-state index contributed by atoms with van der Waals surface area (Å²) in [4.78, 5) is 24.6. The number of aromatic amines is 1. The number of H-pyrrole nitrogens is 1. The van der Waals surface area contributed by atoms with Crippen molar-refractivity contribution in [1.29, 1.82) is 0 Å². The Labute approximate surface area is 261 Å². The van der Waals surface area contributed by atoms with Crippen molar-refractivity contribution in [3.8, 4) is 11.5 Å². The minimum atomic E-state index is -4.54. The first-order chi connectivity index (χ1) is 18.7. The summed E-state index contributed by atoms with van der Waals surface area (Å²) in [6.45, 7) is 8.19. The van der Waals surface area contributed by atoms with Gasteiger partial charge < -0.3 is 19.9 Å². The molecule has 1 fully saturated rings. The highest BCUT2D eigenvalue weighted by Gasteiger charge is 2.34. The summed E-state index contributed by atoms with van der Waals surface area (Å²) in [6.07, 6.45) is -1.17. The number of benzene rings is 2. The number of carbonyl (C=O) groups excluding carboxylic acids is 1. The average Bonchev–Trinajstić information content (AvgIpc) is 3.40. The van der Waals surface area contributed by atoms with Gasteiger partial charge in [-0.05, 0) is 61.0 Å². The fourth-order valence-corrected chi connectivity index (χ4v) is 4.76. The van der Waals surface area contributed by atoms with Gasteiger partial charge in [0.05, 0.1) is 10.9 Å². The molecule has 42 heavy (non-hydrogen) atoms. The van der Waals surface area contributed by atoms with E-state index in [-0.39, 0.29) is 60.6 Å². The maximum Gasteiger partial charge on any atom is 0.416 e.